The lowest BCUT2D eigenvalue weighted by atomic mass is 9.98. The van der Waals surface area contributed by atoms with E-state index in [0.717, 1.165) is 48.3 Å². The molecule has 0 aliphatic rings. The first-order chi connectivity index (χ1) is 16.9. The summed E-state index contributed by atoms with van der Waals surface area (Å²) in [5.74, 6) is 6.59. The molecular weight excluding hydrogens is 448 g/mol. The van der Waals surface area contributed by atoms with Gasteiger partial charge in [-0.3, -0.25) is 0 Å². The quantitative estimate of drug-likeness (QED) is 0.197. The molecule has 0 aromatic rings. The molecule has 0 saturated heterocycles. The summed E-state index contributed by atoms with van der Waals surface area (Å²) in [5.41, 5.74) is 0. The smallest absolute Gasteiger partial charge is 0.0545 e. The van der Waals surface area contributed by atoms with E-state index in [1.165, 1.54) is 57.8 Å². The second-order valence-corrected chi connectivity index (χ2v) is 15.1. The lowest BCUT2D eigenvalue weighted by Gasteiger charge is -2.14. The third-order valence-electron chi connectivity index (χ3n) is 6.18. The van der Waals surface area contributed by atoms with Crippen LogP contribution in [0.5, 0.6) is 0 Å². The van der Waals surface area contributed by atoms with Crippen LogP contribution in [0, 0.1) is 47.3 Å². The summed E-state index contributed by atoms with van der Waals surface area (Å²) < 4.78 is 0. The van der Waals surface area contributed by atoms with Gasteiger partial charge in [0, 0.05) is 0 Å². The lowest BCUT2D eigenvalue weighted by molar-refractivity contribution is 0.125. The predicted molar refractivity (Wildman–Crippen MR) is 175 cm³/mol. The predicted octanol–water partition coefficient (Wildman–Crippen LogP) is 12.8. The Morgan fingerprint density at radius 2 is 0.514 bits per heavy atom. The summed E-state index contributed by atoms with van der Waals surface area (Å²) in [7, 11) is 0. The highest BCUT2D eigenvalue weighted by Crippen LogP contribution is 2.13. The third kappa shape index (κ3) is 61.5. The van der Waals surface area contributed by atoms with Crippen molar-refractivity contribution >= 4 is 0 Å². The Morgan fingerprint density at radius 1 is 0.297 bits per heavy atom. The summed E-state index contributed by atoms with van der Waals surface area (Å²) in [4.78, 5) is 0. The number of hydrogen-bond acceptors (Lipinski definition) is 1. The van der Waals surface area contributed by atoms with Crippen molar-refractivity contribution in [1.29, 1.82) is 0 Å². The maximum absolute atomic E-state index is 9.39. The zero-order valence-electron chi connectivity index (χ0n) is 29.4. The van der Waals surface area contributed by atoms with Crippen molar-refractivity contribution in [3.63, 3.8) is 0 Å². The van der Waals surface area contributed by atoms with Gasteiger partial charge in [-0.25, -0.2) is 0 Å². The van der Waals surface area contributed by atoms with Crippen LogP contribution in [0.1, 0.15) is 181 Å². The molecule has 0 saturated carbocycles. The molecular formula is C36H80O. The van der Waals surface area contributed by atoms with Gasteiger partial charge in [-0.2, -0.15) is 0 Å². The second-order valence-electron chi connectivity index (χ2n) is 15.1. The highest BCUT2D eigenvalue weighted by molar-refractivity contribution is 4.60. The molecule has 1 heteroatoms. The molecule has 0 unspecified atom stereocenters. The molecule has 1 nitrogen and oxygen atoms in total. The Kier molecular flexibility index (Phi) is 36.3. The second kappa shape index (κ2) is 30.5. The van der Waals surface area contributed by atoms with Crippen molar-refractivity contribution in [3.05, 3.63) is 0 Å². The van der Waals surface area contributed by atoms with Crippen LogP contribution in [-0.2, 0) is 0 Å². The van der Waals surface area contributed by atoms with Gasteiger partial charge in [0.15, 0.2) is 0 Å². The molecule has 0 radical (unpaired) electrons. The van der Waals surface area contributed by atoms with E-state index in [9.17, 15) is 5.11 Å². The molecule has 0 fully saturated rings. The first-order valence-corrected chi connectivity index (χ1v) is 16.6. The fourth-order valence-corrected chi connectivity index (χ4v) is 3.89. The summed E-state index contributed by atoms with van der Waals surface area (Å²) >= 11 is 0. The van der Waals surface area contributed by atoms with E-state index in [0.29, 0.717) is 11.8 Å². The van der Waals surface area contributed by atoms with Crippen molar-refractivity contribution in [1.82, 2.24) is 0 Å². The fraction of sp³-hybridized carbons (Fsp3) is 1.00. The van der Waals surface area contributed by atoms with E-state index in [4.69, 9.17) is 0 Å². The summed E-state index contributed by atoms with van der Waals surface area (Å²) in [6, 6.07) is 0. The zero-order chi connectivity index (χ0) is 30.0. The van der Waals surface area contributed by atoms with Gasteiger partial charge in [0.05, 0.1) is 6.10 Å². The highest BCUT2D eigenvalue weighted by atomic mass is 16.3. The Labute approximate surface area is 239 Å². The first-order valence-electron chi connectivity index (χ1n) is 16.6. The fourth-order valence-electron chi connectivity index (χ4n) is 3.89. The SMILES string of the molecule is CC(C)CC(O)CC(C)C.CC(C)CCC(C)C.CC(C)CCCC(C)C.CC(C)CCCCC(C)C. The van der Waals surface area contributed by atoms with E-state index in [2.05, 4.69) is 111 Å². The largest absolute Gasteiger partial charge is 0.393 e. The average molecular weight is 529 g/mol. The van der Waals surface area contributed by atoms with Crippen molar-refractivity contribution in [3.8, 4) is 0 Å². The summed E-state index contributed by atoms with van der Waals surface area (Å²) in [5, 5.41) is 9.39. The molecule has 0 rings (SSSR count). The minimum absolute atomic E-state index is 0.0833. The van der Waals surface area contributed by atoms with Crippen LogP contribution in [0.4, 0.5) is 0 Å². The monoisotopic (exact) mass is 529 g/mol. The molecule has 0 amide bonds. The minimum atomic E-state index is -0.0833. The Bertz CT molecular complexity index is 353. The molecule has 0 bridgehead atoms. The number of rotatable bonds is 16. The van der Waals surface area contributed by atoms with Crippen LogP contribution in [0.15, 0.2) is 0 Å². The molecule has 37 heavy (non-hydrogen) atoms. The standard InChI is InChI=1S/C10H22.C9H20O.C9H20.C8H18/c1-9(2)7-5-6-8-10(3)4;1-7(2)5-9(10)6-8(3)4;1-8(2)6-5-7-9(3)4;1-7(2)5-6-8(3)4/h9-10H,5-8H2,1-4H3;7-10H,5-6H2,1-4H3;8-9H,5-7H2,1-4H3;7-8H,5-6H2,1-4H3. The Morgan fingerprint density at radius 3 is 0.703 bits per heavy atom. The van der Waals surface area contributed by atoms with Crippen LogP contribution in [-0.4, -0.2) is 11.2 Å². The maximum atomic E-state index is 9.39. The van der Waals surface area contributed by atoms with Gasteiger partial charge in [-0.15, -0.1) is 0 Å². The maximum Gasteiger partial charge on any atom is 0.0545 e. The van der Waals surface area contributed by atoms with E-state index in [1.54, 1.807) is 0 Å². The molecule has 0 aromatic carbocycles. The van der Waals surface area contributed by atoms with Gasteiger partial charge < -0.3 is 5.11 Å². The molecule has 0 aromatic heterocycles. The lowest BCUT2D eigenvalue weighted by Crippen LogP contribution is -2.12. The van der Waals surface area contributed by atoms with E-state index < -0.39 is 0 Å². The number of hydrogen-bond donors (Lipinski definition) is 1. The Hall–Kier alpha value is -0.0400. The van der Waals surface area contributed by atoms with Gasteiger partial charge in [0.2, 0.25) is 0 Å². The molecule has 0 aliphatic heterocycles. The van der Waals surface area contributed by atoms with Crippen molar-refractivity contribution in [2.75, 3.05) is 0 Å². The third-order valence-corrected chi connectivity index (χ3v) is 6.18. The van der Waals surface area contributed by atoms with Gasteiger partial charge in [-0.05, 0) is 60.2 Å². The van der Waals surface area contributed by atoms with E-state index in [-0.39, 0.29) is 6.10 Å². The summed E-state index contributed by atoms with van der Waals surface area (Å²) in [6.45, 7) is 36.1. The Balaban J connectivity index is -0.000000197. The summed E-state index contributed by atoms with van der Waals surface area (Å²) in [6.07, 6.45) is 14.5. The molecule has 230 valence electrons. The molecule has 0 spiro atoms. The van der Waals surface area contributed by atoms with E-state index in [1.807, 2.05) is 0 Å². The normalized spacial score (nSPS) is 11.5. The number of aliphatic hydroxyl groups excluding tert-OH is 1. The van der Waals surface area contributed by atoms with Crippen LogP contribution in [0.2, 0.25) is 0 Å². The average Bonchev–Trinajstić information content (AvgIpc) is 2.69. The molecule has 0 atom stereocenters. The number of aliphatic hydroxyl groups is 1. The highest BCUT2D eigenvalue weighted by Gasteiger charge is 2.08. The van der Waals surface area contributed by atoms with Crippen LogP contribution in [0.25, 0.3) is 0 Å². The van der Waals surface area contributed by atoms with Gasteiger partial charge in [0.1, 0.15) is 0 Å². The molecule has 0 heterocycles. The number of unbranched alkanes of at least 4 members (excludes halogenated alkanes) is 1. The van der Waals surface area contributed by atoms with Gasteiger partial charge in [0.25, 0.3) is 0 Å². The minimum Gasteiger partial charge on any atom is -0.393 e. The van der Waals surface area contributed by atoms with E-state index >= 15 is 0 Å². The van der Waals surface area contributed by atoms with Crippen molar-refractivity contribution < 1.29 is 5.11 Å². The molecule has 1 N–H and O–H groups in total. The van der Waals surface area contributed by atoms with Crippen LogP contribution in [0.3, 0.4) is 0 Å². The van der Waals surface area contributed by atoms with Crippen molar-refractivity contribution in [2.45, 2.75) is 188 Å². The van der Waals surface area contributed by atoms with Crippen LogP contribution >= 0.6 is 0 Å². The van der Waals surface area contributed by atoms with Crippen molar-refractivity contribution in [2.24, 2.45) is 47.3 Å². The molecule has 0 aliphatic carbocycles. The van der Waals surface area contributed by atoms with Crippen LogP contribution < -0.4 is 0 Å². The topological polar surface area (TPSA) is 20.2 Å². The van der Waals surface area contributed by atoms with Gasteiger partial charge in [-0.1, -0.05) is 169 Å². The van der Waals surface area contributed by atoms with Gasteiger partial charge >= 0.3 is 0 Å². The zero-order valence-corrected chi connectivity index (χ0v) is 29.4. The first kappa shape index (κ1) is 44.0.